The summed E-state index contributed by atoms with van der Waals surface area (Å²) in [7, 11) is 0. The number of anilines is 1. The van der Waals surface area contributed by atoms with Crippen LogP contribution in [0.3, 0.4) is 0 Å². The molecule has 0 bridgehead atoms. The summed E-state index contributed by atoms with van der Waals surface area (Å²) in [4.78, 5) is 13.0. The molecule has 0 radical (unpaired) electrons. The number of amides is 1. The normalized spacial score (nSPS) is 10.6. The molecule has 18 heavy (non-hydrogen) atoms. The van der Waals surface area contributed by atoms with Gasteiger partial charge in [-0.2, -0.15) is 0 Å². The van der Waals surface area contributed by atoms with Crippen LogP contribution in [0.15, 0.2) is 30.3 Å². The van der Waals surface area contributed by atoms with Crippen molar-refractivity contribution < 1.29 is 4.79 Å². The van der Waals surface area contributed by atoms with Crippen molar-refractivity contribution in [3.8, 4) is 0 Å². The summed E-state index contributed by atoms with van der Waals surface area (Å²) in [5.41, 5.74) is 2.40. The van der Waals surface area contributed by atoms with Gasteiger partial charge in [-0.1, -0.05) is 24.3 Å². The van der Waals surface area contributed by atoms with Crippen LogP contribution in [0, 0.1) is 0 Å². The van der Waals surface area contributed by atoms with Crippen LogP contribution in [-0.4, -0.2) is 25.5 Å². The van der Waals surface area contributed by atoms with E-state index in [1.54, 1.807) is 0 Å². The van der Waals surface area contributed by atoms with Crippen LogP contribution < -0.4 is 10.2 Å². The molecule has 1 aromatic rings. The van der Waals surface area contributed by atoms with Crippen LogP contribution in [0.4, 0.5) is 5.69 Å². The van der Waals surface area contributed by atoms with Crippen molar-refractivity contribution in [2.75, 3.05) is 24.5 Å². The molecule has 98 valence electrons. The third-order valence-electron chi connectivity index (χ3n) is 2.80. The quantitative estimate of drug-likeness (QED) is 0.837. The minimum absolute atomic E-state index is 0.00321. The second-order valence-electron chi connectivity index (χ2n) is 4.10. The van der Waals surface area contributed by atoms with Gasteiger partial charge in [-0.3, -0.25) is 4.79 Å². The van der Waals surface area contributed by atoms with Gasteiger partial charge in [0.25, 0.3) is 0 Å². The van der Waals surface area contributed by atoms with Gasteiger partial charge in [0.05, 0.1) is 0 Å². The molecule has 0 saturated carbocycles. The second-order valence-corrected chi connectivity index (χ2v) is 4.10. The number of rotatable bonds is 6. The maximum absolute atomic E-state index is 10.7. The van der Waals surface area contributed by atoms with E-state index >= 15 is 0 Å². The van der Waals surface area contributed by atoms with Gasteiger partial charge in [0.2, 0.25) is 5.91 Å². The number of nitrogens with one attached hydrogen (secondary N) is 1. The zero-order chi connectivity index (χ0) is 13.4. The molecule has 0 atom stereocenters. The molecular weight excluding hydrogens is 224 g/mol. The lowest BCUT2D eigenvalue weighted by Crippen LogP contribution is -2.21. The van der Waals surface area contributed by atoms with Crippen LogP contribution in [0.25, 0.3) is 6.08 Å². The summed E-state index contributed by atoms with van der Waals surface area (Å²) in [5, 5.41) is 2.73. The molecule has 0 spiro atoms. The monoisotopic (exact) mass is 246 g/mol. The Bertz CT molecular complexity index is 391. The summed E-state index contributed by atoms with van der Waals surface area (Å²) in [6.07, 6.45) is 3.97. The lowest BCUT2D eigenvalue weighted by molar-refractivity contribution is -0.118. The third-order valence-corrected chi connectivity index (χ3v) is 2.80. The van der Waals surface area contributed by atoms with E-state index < -0.39 is 0 Å². The number of carbonyl (C=O) groups is 1. The number of nitrogens with zero attached hydrogens (tertiary/aromatic N) is 1. The lowest BCUT2D eigenvalue weighted by Gasteiger charge is -2.20. The zero-order valence-electron chi connectivity index (χ0n) is 11.4. The van der Waals surface area contributed by atoms with E-state index in [4.69, 9.17) is 0 Å². The van der Waals surface area contributed by atoms with Gasteiger partial charge in [-0.25, -0.2) is 0 Å². The van der Waals surface area contributed by atoms with Gasteiger partial charge in [0.1, 0.15) is 0 Å². The summed E-state index contributed by atoms with van der Waals surface area (Å²) in [6.45, 7) is 8.46. The van der Waals surface area contributed by atoms with Crippen molar-refractivity contribution in [3.05, 3.63) is 35.9 Å². The Balaban J connectivity index is 2.57. The lowest BCUT2D eigenvalue weighted by atomic mass is 10.2. The van der Waals surface area contributed by atoms with Gasteiger partial charge < -0.3 is 10.2 Å². The topological polar surface area (TPSA) is 32.3 Å². The first-order valence-corrected chi connectivity index (χ1v) is 6.43. The Kier molecular flexibility index (Phi) is 5.98. The fourth-order valence-electron chi connectivity index (χ4n) is 1.78. The number of benzene rings is 1. The second kappa shape index (κ2) is 7.54. The van der Waals surface area contributed by atoms with E-state index in [1.165, 1.54) is 12.6 Å². The SMILES string of the molecule is CCN(CC)c1ccc(C=CCNC(C)=O)cc1. The minimum atomic E-state index is -0.00321. The molecule has 0 heterocycles. The van der Waals surface area contributed by atoms with Gasteiger partial charge in [-0.05, 0) is 31.5 Å². The highest BCUT2D eigenvalue weighted by molar-refractivity contribution is 5.73. The van der Waals surface area contributed by atoms with E-state index in [0.29, 0.717) is 6.54 Å². The molecule has 1 aromatic carbocycles. The maximum Gasteiger partial charge on any atom is 0.217 e. The van der Waals surface area contributed by atoms with Gasteiger partial charge in [0, 0.05) is 32.2 Å². The Labute approximate surface area is 109 Å². The summed E-state index contributed by atoms with van der Waals surface area (Å²) in [5.74, 6) is -0.00321. The first-order chi connectivity index (χ1) is 8.67. The fraction of sp³-hybridized carbons (Fsp3) is 0.400. The van der Waals surface area contributed by atoms with E-state index in [9.17, 15) is 4.79 Å². The fourth-order valence-corrected chi connectivity index (χ4v) is 1.78. The summed E-state index contributed by atoms with van der Waals surface area (Å²) in [6, 6.07) is 8.45. The van der Waals surface area contributed by atoms with E-state index in [2.05, 4.69) is 48.3 Å². The molecule has 1 amide bonds. The van der Waals surface area contributed by atoms with Crippen LogP contribution in [0.2, 0.25) is 0 Å². The summed E-state index contributed by atoms with van der Waals surface area (Å²) >= 11 is 0. The largest absolute Gasteiger partial charge is 0.372 e. The number of carbonyl (C=O) groups excluding carboxylic acids is 1. The molecule has 1 N–H and O–H groups in total. The van der Waals surface area contributed by atoms with Crippen molar-refractivity contribution in [3.63, 3.8) is 0 Å². The van der Waals surface area contributed by atoms with Crippen LogP contribution >= 0.6 is 0 Å². The van der Waals surface area contributed by atoms with Gasteiger partial charge in [-0.15, -0.1) is 0 Å². The Hall–Kier alpha value is -1.77. The van der Waals surface area contributed by atoms with Gasteiger partial charge >= 0.3 is 0 Å². The van der Waals surface area contributed by atoms with Crippen molar-refractivity contribution in [2.45, 2.75) is 20.8 Å². The molecule has 0 unspecified atom stereocenters. The zero-order valence-corrected chi connectivity index (χ0v) is 11.4. The molecule has 3 heteroatoms. The smallest absolute Gasteiger partial charge is 0.217 e. The average molecular weight is 246 g/mol. The van der Waals surface area contributed by atoms with Crippen LogP contribution in [0.1, 0.15) is 26.3 Å². The molecule has 0 aromatic heterocycles. The highest BCUT2D eigenvalue weighted by Crippen LogP contribution is 2.15. The Morgan fingerprint density at radius 1 is 1.22 bits per heavy atom. The maximum atomic E-state index is 10.7. The number of hydrogen-bond donors (Lipinski definition) is 1. The third kappa shape index (κ3) is 4.62. The van der Waals surface area contributed by atoms with Crippen molar-refractivity contribution >= 4 is 17.7 Å². The molecule has 0 fully saturated rings. The molecule has 0 aliphatic heterocycles. The standard InChI is InChI=1S/C15H22N2O/c1-4-17(5-2)15-10-8-14(9-11-15)7-6-12-16-13(3)18/h6-11H,4-5,12H2,1-3H3,(H,16,18). The molecule has 0 aliphatic rings. The molecular formula is C15H22N2O. The average Bonchev–Trinajstić information content (AvgIpc) is 2.37. The molecule has 0 aliphatic carbocycles. The predicted octanol–water partition coefficient (Wildman–Crippen LogP) is 2.68. The van der Waals surface area contributed by atoms with Crippen LogP contribution in [-0.2, 0) is 4.79 Å². The molecule has 1 rings (SSSR count). The first-order valence-electron chi connectivity index (χ1n) is 6.43. The van der Waals surface area contributed by atoms with Gasteiger partial charge in [0.15, 0.2) is 0 Å². The van der Waals surface area contributed by atoms with Crippen molar-refractivity contribution in [1.82, 2.24) is 5.32 Å². The first kappa shape index (κ1) is 14.3. The minimum Gasteiger partial charge on any atom is -0.372 e. The Morgan fingerprint density at radius 3 is 2.33 bits per heavy atom. The van der Waals surface area contributed by atoms with E-state index in [-0.39, 0.29) is 5.91 Å². The van der Waals surface area contributed by atoms with E-state index in [0.717, 1.165) is 18.7 Å². The highest BCUT2D eigenvalue weighted by atomic mass is 16.1. The van der Waals surface area contributed by atoms with Crippen molar-refractivity contribution in [2.24, 2.45) is 0 Å². The number of hydrogen-bond acceptors (Lipinski definition) is 2. The van der Waals surface area contributed by atoms with Crippen LogP contribution in [0.5, 0.6) is 0 Å². The summed E-state index contributed by atoms with van der Waals surface area (Å²) < 4.78 is 0. The molecule has 3 nitrogen and oxygen atoms in total. The Morgan fingerprint density at radius 2 is 1.83 bits per heavy atom. The van der Waals surface area contributed by atoms with Crippen molar-refractivity contribution in [1.29, 1.82) is 0 Å². The predicted molar refractivity (Wildman–Crippen MR) is 77.7 cm³/mol. The molecule has 0 saturated heterocycles. The highest BCUT2D eigenvalue weighted by Gasteiger charge is 1.99. The van der Waals surface area contributed by atoms with E-state index in [1.807, 2.05) is 12.2 Å².